The first-order valence-corrected chi connectivity index (χ1v) is 9.03. The molecular weight excluding hydrogens is 326 g/mol. The number of carbonyl (C=O) groups excluding carboxylic acids is 1. The van der Waals surface area contributed by atoms with Crippen molar-refractivity contribution in [1.29, 1.82) is 0 Å². The molecule has 0 radical (unpaired) electrons. The van der Waals surface area contributed by atoms with Crippen LogP contribution < -0.4 is 0 Å². The fraction of sp³-hybridized carbons (Fsp3) is 0.400. The van der Waals surface area contributed by atoms with Gasteiger partial charge in [-0.2, -0.15) is 0 Å². The highest BCUT2D eigenvalue weighted by Gasteiger charge is 2.34. The molecule has 1 amide bonds. The number of likely N-dealkylation sites (tertiary alicyclic amines) is 1. The van der Waals surface area contributed by atoms with E-state index < -0.39 is 0 Å². The van der Waals surface area contributed by atoms with Crippen LogP contribution in [0.3, 0.4) is 0 Å². The van der Waals surface area contributed by atoms with Crippen LogP contribution >= 0.6 is 0 Å². The molecule has 6 nitrogen and oxygen atoms in total. The molecule has 2 aromatic heterocycles. The molecule has 0 spiro atoms. The largest absolute Gasteiger partial charge is 0.340 e. The lowest BCUT2D eigenvalue weighted by atomic mass is 10.2. The van der Waals surface area contributed by atoms with E-state index in [2.05, 4.69) is 34.0 Å². The molecule has 26 heavy (non-hydrogen) atoms. The molecule has 6 heteroatoms. The summed E-state index contributed by atoms with van der Waals surface area (Å²) in [5.41, 5.74) is 5.94. The Labute approximate surface area is 152 Å². The van der Waals surface area contributed by atoms with Gasteiger partial charge in [-0.3, -0.25) is 9.78 Å². The molecule has 0 bridgehead atoms. The van der Waals surface area contributed by atoms with Crippen LogP contribution in [0.4, 0.5) is 0 Å². The molecule has 1 fully saturated rings. The number of H-pyrrole nitrogens is 1. The number of nitrogens with one attached hydrogen (secondary N) is 1. The SMILES string of the molecule is Cc1ccc2nc(C3CCCN3C(=O)c3nc(C)c(C)nc3C)[nH]c2c1. The average molecular weight is 349 g/mol. The zero-order valence-electron chi connectivity index (χ0n) is 15.6. The van der Waals surface area contributed by atoms with E-state index >= 15 is 0 Å². The van der Waals surface area contributed by atoms with Crippen LogP contribution in [0.15, 0.2) is 18.2 Å². The molecule has 4 rings (SSSR count). The van der Waals surface area contributed by atoms with Crippen molar-refractivity contribution in [2.45, 2.75) is 46.6 Å². The van der Waals surface area contributed by atoms with E-state index in [1.807, 2.05) is 31.7 Å². The Morgan fingerprint density at radius 2 is 1.85 bits per heavy atom. The standard InChI is InChI=1S/C20H23N5O/c1-11-7-8-15-16(10-11)24-19(23-15)17-6-5-9-25(17)20(26)18-14(4)21-12(2)13(3)22-18/h7-8,10,17H,5-6,9H2,1-4H3,(H,23,24). The maximum absolute atomic E-state index is 13.2. The molecule has 0 saturated carbocycles. The summed E-state index contributed by atoms with van der Waals surface area (Å²) < 4.78 is 0. The molecule has 1 saturated heterocycles. The summed E-state index contributed by atoms with van der Waals surface area (Å²) in [5.74, 6) is 0.795. The highest BCUT2D eigenvalue weighted by Crippen LogP contribution is 2.33. The number of rotatable bonds is 2. The van der Waals surface area contributed by atoms with E-state index in [0.717, 1.165) is 41.1 Å². The highest BCUT2D eigenvalue weighted by atomic mass is 16.2. The van der Waals surface area contributed by atoms with Gasteiger partial charge in [-0.1, -0.05) is 6.07 Å². The van der Waals surface area contributed by atoms with Gasteiger partial charge in [-0.15, -0.1) is 0 Å². The second-order valence-corrected chi connectivity index (χ2v) is 7.13. The van der Waals surface area contributed by atoms with Crippen molar-refractivity contribution in [3.8, 4) is 0 Å². The number of amides is 1. The molecule has 1 aliphatic rings. The third-order valence-corrected chi connectivity index (χ3v) is 5.17. The quantitative estimate of drug-likeness (QED) is 0.767. The van der Waals surface area contributed by atoms with Crippen LogP contribution in [0.5, 0.6) is 0 Å². The second-order valence-electron chi connectivity index (χ2n) is 7.13. The average Bonchev–Trinajstić information content (AvgIpc) is 3.23. The van der Waals surface area contributed by atoms with Gasteiger partial charge in [0, 0.05) is 6.54 Å². The van der Waals surface area contributed by atoms with Gasteiger partial charge in [-0.25, -0.2) is 9.97 Å². The number of aromatic amines is 1. The zero-order chi connectivity index (χ0) is 18.4. The van der Waals surface area contributed by atoms with Crippen molar-refractivity contribution >= 4 is 16.9 Å². The summed E-state index contributed by atoms with van der Waals surface area (Å²) in [7, 11) is 0. The number of benzene rings is 1. The minimum absolute atomic E-state index is 0.0435. The van der Waals surface area contributed by atoms with Gasteiger partial charge in [-0.05, 0) is 58.2 Å². The first-order valence-electron chi connectivity index (χ1n) is 9.03. The molecule has 134 valence electrons. The van der Waals surface area contributed by atoms with E-state index in [1.165, 1.54) is 5.56 Å². The number of hydrogen-bond acceptors (Lipinski definition) is 4. The summed E-state index contributed by atoms with van der Waals surface area (Å²) >= 11 is 0. The maximum Gasteiger partial charge on any atom is 0.274 e. The van der Waals surface area contributed by atoms with Crippen molar-refractivity contribution in [3.63, 3.8) is 0 Å². The lowest BCUT2D eigenvalue weighted by Crippen LogP contribution is -2.32. The number of carbonyl (C=O) groups is 1. The summed E-state index contributed by atoms with van der Waals surface area (Å²) in [5, 5.41) is 0. The first-order chi connectivity index (χ1) is 12.4. The zero-order valence-corrected chi connectivity index (χ0v) is 15.6. The maximum atomic E-state index is 13.2. The molecule has 1 N–H and O–H groups in total. The Hall–Kier alpha value is -2.76. The van der Waals surface area contributed by atoms with Crippen LogP contribution in [0.1, 0.15) is 57.8 Å². The Bertz CT molecular complexity index is 1010. The molecule has 0 aliphatic carbocycles. The van der Waals surface area contributed by atoms with Gasteiger partial charge in [0.2, 0.25) is 0 Å². The molecule has 3 aromatic rings. The normalized spacial score (nSPS) is 17.2. The summed E-state index contributed by atoms with van der Waals surface area (Å²) in [6, 6.07) is 6.12. The molecule has 1 aromatic carbocycles. The lowest BCUT2D eigenvalue weighted by Gasteiger charge is -2.23. The van der Waals surface area contributed by atoms with Crippen molar-refractivity contribution in [1.82, 2.24) is 24.8 Å². The molecule has 1 unspecified atom stereocenters. The summed E-state index contributed by atoms with van der Waals surface area (Å²) in [6.07, 6.45) is 1.87. The Kier molecular flexibility index (Phi) is 3.98. The Morgan fingerprint density at radius 3 is 2.65 bits per heavy atom. The van der Waals surface area contributed by atoms with E-state index in [1.54, 1.807) is 0 Å². The van der Waals surface area contributed by atoms with Crippen molar-refractivity contribution in [2.24, 2.45) is 0 Å². The predicted molar refractivity (Wildman–Crippen MR) is 100 cm³/mol. The Morgan fingerprint density at radius 1 is 1.08 bits per heavy atom. The number of hydrogen-bond donors (Lipinski definition) is 1. The third kappa shape index (κ3) is 2.75. The number of aromatic nitrogens is 4. The van der Waals surface area contributed by atoms with E-state index in [9.17, 15) is 4.79 Å². The van der Waals surface area contributed by atoms with Gasteiger partial charge in [0.1, 0.15) is 11.5 Å². The van der Waals surface area contributed by atoms with Crippen molar-refractivity contribution in [3.05, 3.63) is 52.4 Å². The van der Waals surface area contributed by atoms with E-state index in [0.29, 0.717) is 17.9 Å². The van der Waals surface area contributed by atoms with Gasteiger partial charge in [0.15, 0.2) is 0 Å². The summed E-state index contributed by atoms with van der Waals surface area (Å²) in [6.45, 7) is 8.43. The highest BCUT2D eigenvalue weighted by molar-refractivity contribution is 5.94. The van der Waals surface area contributed by atoms with Crippen molar-refractivity contribution < 1.29 is 4.79 Å². The van der Waals surface area contributed by atoms with Crippen molar-refractivity contribution in [2.75, 3.05) is 6.54 Å². The second kappa shape index (κ2) is 6.20. The fourth-order valence-electron chi connectivity index (χ4n) is 3.65. The monoisotopic (exact) mass is 349 g/mol. The van der Waals surface area contributed by atoms with Gasteiger partial charge >= 0.3 is 0 Å². The van der Waals surface area contributed by atoms with Crippen LogP contribution in [-0.2, 0) is 0 Å². The number of nitrogens with zero attached hydrogens (tertiary/aromatic N) is 4. The van der Waals surface area contributed by atoms with Crippen LogP contribution in [0, 0.1) is 27.7 Å². The molecule has 1 aliphatic heterocycles. The third-order valence-electron chi connectivity index (χ3n) is 5.17. The minimum atomic E-state index is -0.0581. The molecule has 1 atom stereocenters. The van der Waals surface area contributed by atoms with E-state index in [-0.39, 0.29) is 11.9 Å². The van der Waals surface area contributed by atoms with Gasteiger partial charge < -0.3 is 9.88 Å². The fourth-order valence-corrected chi connectivity index (χ4v) is 3.65. The molecule has 3 heterocycles. The van der Waals surface area contributed by atoms with Crippen LogP contribution in [-0.4, -0.2) is 37.3 Å². The van der Waals surface area contributed by atoms with Gasteiger partial charge in [0.25, 0.3) is 5.91 Å². The number of aryl methyl sites for hydroxylation is 4. The summed E-state index contributed by atoms with van der Waals surface area (Å²) in [4.78, 5) is 32.2. The number of fused-ring (bicyclic) bond motifs is 1. The van der Waals surface area contributed by atoms with Crippen LogP contribution in [0.2, 0.25) is 0 Å². The smallest absolute Gasteiger partial charge is 0.274 e. The molecular formula is C20H23N5O. The lowest BCUT2D eigenvalue weighted by molar-refractivity contribution is 0.0723. The predicted octanol–water partition coefficient (Wildman–Crippen LogP) is 3.56. The van der Waals surface area contributed by atoms with Crippen LogP contribution in [0.25, 0.3) is 11.0 Å². The minimum Gasteiger partial charge on any atom is -0.340 e. The number of imidazole rings is 1. The van der Waals surface area contributed by atoms with E-state index in [4.69, 9.17) is 4.98 Å². The first kappa shape index (κ1) is 16.7. The van der Waals surface area contributed by atoms with Gasteiger partial charge in [0.05, 0.1) is 34.2 Å². The topological polar surface area (TPSA) is 74.8 Å². The Balaban J connectivity index is 1.69.